The molecule has 0 saturated carbocycles. The van der Waals surface area contributed by atoms with Gasteiger partial charge in [-0.15, -0.1) is 0 Å². The Bertz CT molecular complexity index is 529. The zero-order valence-electron chi connectivity index (χ0n) is 9.14. The number of aliphatic hydroxyl groups excluding tert-OH is 1. The first kappa shape index (κ1) is 13.0. The van der Waals surface area contributed by atoms with E-state index in [9.17, 15) is 5.11 Å². The Morgan fingerprint density at radius 1 is 1.53 bits per heavy atom. The molecule has 2 aromatic rings. The number of rotatable bonds is 3. The van der Waals surface area contributed by atoms with Crippen LogP contribution in [0.1, 0.15) is 17.5 Å². The van der Waals surface area contributed by atoms with E-state index in [0.717, 1.165) is 19.4 Å². The number of hydrogen-bond acceptors (Lipinski definition) is 3. The highest BCUT2D eigenvalue weighted by molar-refractivity contribution is 14.1. The largest absolute Gasteiger partial charge is 0.388 e. The van der Waals surface area contributed by atoms with Crippen LogP contribution in [0.5, 0.6) is 0 Å². The fourth-order valence-corrected chi connectivity index (χ4v) is 2.58. The molecule has 90 valence electrons. The molecule has 0 aliphatic rings. The molecule has 0 saturated heterocycles. The van der Waals surface area contributed by atoms with Crippen molar-refractivity contribution in [1.29, 1.82) is 0 Å². The molecule has 0 spiro atoms. The van der Waals surface area contributed by atoms with E-state index in [0.29, 0.717) is 6.42 Å². The van der Waals surface area contributed by atoms with Crippen molar-refractivity contribution in [1.82, 2.24) is 14.8 Å². The summed E-state index contributed by atoms with van der Waals surface area (Å²) in [7, 11) is 1.82. The molecule has 0 aliphatic carbocycles. The van der Waals surface area contributed by atoms with Gasteiger partial charge in [0.1, 0.15) is 12.2 Å². The van der Waals surface area contributed by atoms with Gasteiger partial charge in [0.05, 0.1) is 6.10 Å². The molecule has 1 aromatic carbocycles. The van der Waals surface area contributed by atoms with E-state index in [1.807, 2.05) is 25.2 Å². The molecule has 6 heteroatoms. The van der Waals surface area contributed by atoms with E-state index < -0.39 is 6.10 Å². The maximum Gasteiger partial charge on any atom is 0.138 e. The van der Waals surface area contributed by atoms with Gasteiger partial charge >= 0.3 is 0 Å². The molecule has 2 rings (SSSR count). The second-order valence-electron chi connectivity index (χ2n) is 3.69. The minimum Gasteiger partial charge on any atom is -0.388 e. The van der Waals surface area contributed by atoms with Crippen molar-refractivity contribution in [3.05, 3.63) is 44.0 Å². The third-order valence-corrected chi connectivity index (χ3v) is 3.89. The lowest BCUT2D eigenvalue weighted by Gasteiger charge is -2.12. The first-order valence-corrected chi connectivity index (χ1v) is 6.91. The van der Waals surface area contributed by atoms with Crippen molar-refractivity contribution in [3.8, 4) is 0 Å². The minimum atomic E-state index is -0.581. The molecule has 1 heterocycles. The Labute approximate surface area is 121 Å². The molecule has 1 aromatic heterocycles. The second kappa shape index (κ2) is 5.45. The van der Waals surface area contributed by atoms with E-state index in [1.54, 1.807) is 4.68 Å². The van der Waals surface area contributed by atoms with E-state index in [-0.39, 0.29) is 0 Å². The van der Waals surface area contributed by atoms with Crippen LogP contribution in [0, 0.1) is 3.57 Å². The van der Waals surface area contributed by atoms with Gasteiger partial charge in [-0.2, -0.15) is 5.10 Å². The molecular formula is C11H11BrIN3O. The Hall–Kier alpha value is -0.470. The molecule has 0 fully saturated rings. The first-order valence-electron chi connectivity index (χ1n) is 5.04. The van der Waals surface area contributed by atoms with Gasteiger partial charge in [-0.05, 0) is 46.4 Å². The number of benzene rings is 1. The molecule has 0 amide bonds. The average Bonchev–Trinajstić information content (AvgIpc) is 2.68. The van der Waals surface area contributed by atoms with Gasteiger partial charge in [0, 0.05) is 21.5 Å². The highest BCUT2D eigenvalue weighted by Gasteiger charge is 2.15. The first-order chi connectivity index (χ1) is 8.08. The van der Waals surface area contributed by atoms with Crippen molar-refractivity contribution in [2.45, 2.75) is 12.5 Å². The van der Waals surface area contributed by atoms with Gasteiger partial charge in [0.25, 0.3) is 0 Å². The molecule has 1 atom stereocenters. The second-order valence-corrected chi connectivity index (χ2v) is 5.79. The summed E-state index contributed by atoms with van der Waals surface area (Å²) in [5.74, 6) is 0.767. The maximum absolute atomic E-state index is 10.2. The van der Waals surface area contributed by atoms with E-state index >= 15 is 0 Å². The summed E-state index contributed by atoms with van der Waals surface area (Å²) in [6.07, 6.45) is 1.36. The number of nitrogens with zero attached hydrogens (tertiary/aromatic N) is 3. The minimum absolute atomic E-state index is 0.454. The third-order valence-electron chi connectivity index (χ3n) is 2.50. The molecule has 0 bridgehead atoms. The van der Waals surface area contributed by atoms with Gasteiger partial charge in [0.15, 0.2) is 0 Å². The SMILES string of the molecule is Cn1ncnc1CC(O)c1cc(I)ccc1Br. The third kappa shape index (κ3) is 3.05. The summed E-state index contributed by atoms with van der Waals surface area (Å²) >= 11 is 5.67. The average molecular weight is 408 g/mol. The number of aliphatic hydroxyl groups is 1. The number of aryl methyl sites for hydroxylation is 1. The lowest BCUT2D eigenvalue weighted by Crippen LogP contribution is -2.08. The Morgan fingerprint density at radius 3 is 2.94 bits per heavy atom. The van der Waals surface area contributed by atoms with Crippen LogP contribution in [0.25, 0.3) is 0 Å². The molecule has 4 nitrogen and oxygen atoms in total. The summed E-state index contributed by atoms with van der Waals surface area (Å²) in [6, 6.07) is 5.89. The van der Waals surface area contributed by atoms with Crippen LogP contribution >= 0.6 is 38.5 Å². The van der Waals surface area contributed by atoms with E-state index in [2.05, 4.69) is 48.6 Å². The predicted octanol–water partition coefficient (Wildman–Crippen LogP) is 2.46. The fraction of sp³-hybridized carbons (Fsp3) is 0.273. The van der Waals surface area contributed by atoms with Gasteiger partial charge in [-0.3, -0.25) is 4.68 Å². The maximum atomic E-state index is 10.2. The predicted molar refractivity (Wildman–Crippen MR) is 76.5 cm³/mol. The molecule has 0 radical (unpaired) electrons. The highest BCUT2D eigenvalue weighted by Crippen LogP contribution is 2.27. The summed E-state index contributed by atoms with van der Waals surface area (Å²) in [5, 5.41) is 14.2. The number of halogens is 2. The molecule has 0 aliphatic heterocycles. The summed E-state index contributed by atoms with van der Waals surface area (Å²) < 4.78 is 3.68. The molecule has 1 N–H and O–H groups in total. The fourth-order valence-electron chi connectivity index (χ4n) is 1.56. The van der Waals surface area contributed by atoms with Crippen LogP contribution in [0.4, 0.5) is 0 Å². The lowest BCUT2D eigenvalue weighted by atomic mass is 10.1. The topological polar surface area (TPSA) is 50.9 Å². The quantitative estimate of drug-likeness (QED) is 0.795. The lowest BCUT2D eigenvalue weighted by molar-refractivity contribution is 0.173. The normalized spacial score (nSPS) is 12.7. The number of hydrogen-bond donors (Lipinski definition) is 1. The summed E-state index contributed by atoms with van der Waals surface area (Å²) in [6.45, 7) is 0. The molecular weight excluding hydrogens is 397 g/mol. The van der Waals surface area contributed by atoms with Crippen molar-refractivity contribution in [2.24, 2.45) is 7.05 Å². The molecule has 1 unspecified atom stereocenters. The van der Waals surface area contributed by atoms with Gasteiger partial charge < -0.3 is 5.11 Å². The summed E-state index contributed by atoms with van der Waals surface area (Å²) in [4.78, 5) is 4.11. The van der Waals surface area contributed by atoms with Crippen molar-refractivity contribution >= 4 is 38.5 Å². The smallest absolute Gasteiger partial charge is 0.138 e. The van der Waals surface area contributed by atoms with Crippen molar-refractivity contribution < 1.29 is 5.11 Å². The van der Waals surface area contributed by atoms with E-state index in [1.165, 1.54) is 6.33 Å². The Balaban J connectivity index is 2.23. The van der Waals surface area contributed by atoms with E-state index in [4.69, 9.17) is 0 Å². The van der Waals surface area contributed by atoms with Crippen LogP contribution in [0.15, 0.2) is 29.0 Å². The monoisotopic (exact) mass is 407 g/mol. The van der Waals surface area contributed by atoms with Crippen molar-refractivity contribution in [3.63, 3.8) is 0 Å². The summed E-state index contributed by atoms with van der Waals surface area (Å²) in [5.41, 5.74) is 0.875. The zero-order chi connectivity index (χ0) is 12.4. The van der Waals surface area contributed by atoms with Crippen LogP contribution in [-0.4, -0.2) is 19.9 Å². The Kier molecular flexibility index (Phi) is 4.16. The highest BCUT2D eigenvalue weighted by atomic mass is 127. The Morgan fingerprint density at radius 2 is 2.29 bits per heavy atom. The van der Waals surface area contributed by atoms with Gasteiger partial charge in [-0.1, -0.05) is 15.9 Å². The van der Waals surface area contributed by atoms with Gasteiger partial charge in [-0.25, -0.2) is 4.98 Å². The number of aromatic nitrogens is 3. The molecule has 17 heavy (non-hydrogen) atoms. The van der Waals surface area contributed by atoms with Crippen molar-refractivity contribution in [2.75, 3.05) is 0 Å². The standard InChI is InChI=1S/C11H11BrIN3O/c1-16-11(14-6-15-16)5-10(17)8-4-7(13)2-3-9(8)12/h2-4,6,10,17H,5H2,1H3. The van der Waals surface area contributed by atoms with Crippen LogP contribution in [0.2, 0.25) is 0 Å². The van der Waals surface area contributed by atoms with Crippen LogP contribution < -0.4 is 0 Å². The zero-order valence-corrected chi connectivity index (χ0v) is 12.9. The van der Waals surface area contributed by atoms with Crippen LogP contribution in [0.3, 0.4) is 0 Å². The van der Waals surface area contributed by atoms with Gasteiger partial charge in [0.2, 0.25) is 0 Å². The van der Waals surface area contributed by atoms with Crippen LogP contribution in [-0.2, 0) is 13.5 Å².